The number of carbonyl (C=O) groups excluding carboxylic acids is 1. The lowest BCUT2D eigenvalue weighted by atomic mass is 10.1. The number of nitrogens with one attached hydrogen (secondary N) is 1. The zero-order chi connectivity index (χ0) is 18.6. The van der Waals surface area contributed by atoms with Gasteiger partial charge in [-0.3, -0.25) is 4.79 Å². The number of hydrogen-bond donors (Lipinski definition) is 1. The second-order valence-electron chi connectivity index (χ2n) is 5.46. The minimum absolute atomic E-state index is 0.0184. The van der Waals surface area contributed by atoms with Gasteiger partial charge in [0.1, 0.15) is 17.4 Å². The number of carbonyl (C=O) groups is 1. The van der Waals surface area contributed by atoms with Crippen molar-refractivity contribution in [1.29, 1.82) is 5.26 Å². The van der Waals surface area contributed by atoms with Gasteiger partial charge in [-0.05, 0) is 86.7 Å². The fraction of sp³-hybridized carbons (Fsp3) is 0.158. The molecule has 25 heavy (non-hydrogen) atoms. The summed E-state index contributed by atoms with van der Waals surface area (Å²) in [4.78, 5) is 12.5. The lowest BCUT2D eigenvalue weighted by Crippen LogP contribution is -2.14. The van der Waals surface area contributed by atoms with Crippen molar-refractivity contribution in [2.75, 3.05) is 12.4 Å². The maximum atomic E-state index is 12.5. The molecular weight excluding hydrogens is 448 g/mol. The van der Waals surface area contributed by atoms with Crippen molar-refractivity contribution in [2.24, 2.45) is 0 Å². The molecule has 0 fully saturated rings. The highest BCUT2D eigenvalue weighted by Gasteiger charge is 2.13. The van der Waals surface area contributed by atoms with Gasteiger partial charge in [-0.15, -0.1) is 0 Å². The largest absolute Gasteiger partial charge is 0.494 e. The summed E-state index contributed by atoms with van der Waals surface area (Å²) in [5.41, 5.74) is 3.39. The minimum atomic E-state index is -0.445. The van der Waals surface area contributed by atoms with Crippen LogP contribution in [0.5, 0.6) is 5.75 Å². The van der Waals surface area contributed by atoms with Crippen LogP contribution in [0.25, 0.3) is 6.08 Å². The molecule has 1 N–H and O–H groups in total. The smallest absolute Gasteiger partial charge is 0.266 e. The zero-order valence-electron chi connectivity index (χ0n) is 14.0. The van der Waals surface area contributed by atoms with E-state index in [9.17, 15) is 10.1 Å². The van der Waals surface area contributed by atoms with Crippen LogP contribution in [0.15, 0.2) is 44.9 Å². The predicted octanol–water partition coefficient (Wildman–Crippen LogP) is 5.38. The molecule has 0 spiro atoms. The van der Waals surface area contributed by atoms with Gasteiger partial charge in [0, 0.05) is 5.69 Å². The lowest BCUT2D eigenvalue weighted by molar-refractivity contribution is -0.112. The quantitative estimate of drug-likeness (QED) is 0.488. The van der Waals surface area contributed by atoms with Crippen LogP contribution in [0.2, 0.25) is 0 Å². The van der Waals surface area contributed by atoms with Crippen molar-refractivity contribution >= 4 is 49.5 Å². The molecule has 0 atom stereocenters. The van der Waals surface area contributed by atoms with Crippen LogP contribution < -0.4 is 10.1 Å². The number of ether oxygens (including phenoxy) is 1. The number of benzene rings is 2. The Bertz CT molecular complexity index is 876. The molecule has 128 valence electrons. The maximum Gasteiger partial charge on any atom is 0.266 e. The van der Waals surface area contributed by atoms with Gasteiger partial charge >= 0.3 is 0 Å². The number of methoxy groups -OCH3 is 1. The van der Waals surface area contributed by atoms with Crippen LogP contribution in [0.4, 0.5) is 5.69 Å². The summed E-state index contributed by atoms with van der Waals surface area (Å²) in [6, 6.07) is 11.3. The molecule has 0 saturated heterocycles. The van der Waals surface area contributed by atoms with Crippen molar-refractivity contribution in [3.63, 3.8) is 0 Å². The highest BCUT2D eigenvalue weighted by molar-refractivity contribution is 9.11. The molecule has 0 bridgehead atoms. The summed E-state index contributed by atoms with van der Waals surface area (Å²) < 4.78 is 6.70. The fourth-order valence-corrected chi connectivity index (χ4v) is 3.78. The summed E-state index contributed by atoms with van der Waals surface area (Å²) in [6.07, 6.45) is 1.54. The van der Waals surface area contributed by atoms with E-state index in [1.165, 1.54) is 6.08 Å². The van der Waals surface area contributed by atoms with Crippen molar-refractivity contribution in [3.8, 4) is 11.8 Å². The molecule has 0 aliphatic carbocycles. The van der Waals surface area contributed by atoms with Gasteiger partial charge in [-0.25, -0.2) is 0 Å². The van der Waals surface area contributed by atoms with Crippen molar-refractivity contribution < 1.29 is 9.53 Å². The maximum absolute atomic E-state index is 12.5. The third kappa shape index (κ3) is 4.71. The van der Waals surface area contributed by atoms with Crippen molar-refractivity contribution in [3.05, 3.63) is 61.5 Å². The molecule has 0 aliphatic heterocycles. The fourth-order valence-electron chi connectivity index (χ4n) is 2.23. The molecule has 0 aromatic heterocycles. The second-order valence-corrected chi connectivity index (χ2v) is 7.17. The van der Waals surface area contributed by atoms with Crippen molar-refractivity contribution in [1.82, 2.24) is 0 Å². The van der Waals surface area contributed by atoms with E-state index < -0.39 is 5.91 Å². The first kappa shape index (κ1) is 19.2. The van der Waals surface area contributed by atoms with Gasteiger partial charge in [0.15, 0.2) is 0 Å². The van der Waals surface area contributed by atoms with Crippen LogP contribution in [0.3, 0.4) is 0 Å². The monoisotopic (exact) mass is 462 g/mol. The number of amides is 1. The predicted molar refractivity (Wildman–Crippen MR) is 107 cm³/mol. The van der Waals surface area contributed by atoms with Gasteiger partial charge in [0.05, 0.1) is 16.1 Å². The van der Waals surface area contributed by atoms with Gasteiger partial charge in [-0.2, -0.15) is 5.26 Å². The molecule has 0 aliphatic rings. The molecular formula is C19H16Br2N2O2. The first-order chi connectivity index (χ1) is 11.8. The average molecular weight is 464 g/mol. The van der Waals surface area contributed by atoms with E-state index in [-0.39, 0.29) is 5.57 Å². The summed E-state index contributed by atoms with van der Waals surface area (Å²) in [7, 11) is 1.57. The average Bonchev–Trinajstić information content (AvgIpc) is 2.55. The molecule has 0 heterocycles. The molecule has 6 heteroatoms. The Kier molecular flexibility index (Phi) is 6.40. The minimum Gasteiger partial charge on any atom is -0.494 e. The van der Waals surface area contributed by atoms with E-state index in [1.807, 2.05) is 38.1 Å². The second kappa shape index (κ2) is 8.32. The standard InChI is InChI=1S/C19H16Br2N2O2/c1-11-4-5-12(2)17(6-11)23-19(24)14(10-22)7-13-8-15(20)18(25-3)16(21)9-13/h4-9H,1-3H3,(H,23,24)/b14-7+. The zero-order valence-corrected chi connectivity index (χ0v) is 17.2. The third-order valence-corrected chi connectivity index (χ3v) is 4.72. The first-order valence-corrected chi connectivity index (χ1v) is 8.97. The molecule has 0 radical (unpaired) electrons. The van der Waals surface area contributed by atoms with Crippen LogP contribution in [0, 0.1) is 25.2 Å². The number of aryl methyl sites for hydroxylation is 2. The topological polar surface area (TPSA) is 62.1 Å². The molecule has 2 aromatic rings. The van der Waals surface area contributed by atoms with E-state index in [0.29, 0.717) is 17.0 Å². The lowest BCUT2D eigenvalue weighted by Gasteiger charge is -2.10. The third-order valence-electron chi connectivity index (χ3n) is 3.54. The van der Waals surface area contributed by atoms with Gasteiger partial charge in [0.2, 0.25) is 0 Å². The Morgan fingerprint density at radius 3 is 2.40 bits per heavy atom. The highest BCUT2D eigenvalue weighted by atomic mass is 79.9. The van der Waals surface area contributed by atoms with Crippen LogP contribution in [-0.2, 0) is 4.79 Å². The number of rotatable bonds is 4. The molecule has 2 aromatic carbocycles. The summed E-state index contributed by atoms with van der Waals surface area (Å²) >= 11 is 6.82. The molecule has 4 nitrogen and oxygen atoms in total. The molecule has 0 unspecified atom stereocenters. The van der Waals surface area contributed by atoms with E-state index in [4.69, 9.17) is 4.74 Å². The Labute approximate surface area is 163 Å². The normalized spacial score (nSPS) is 11.0. The number of halogens is 2. The van der Waals surface area contributed by atoms with E-state index in [0.717, 1.165) is 20.1 Å². The van der Waals surface area contributed by atoms with Crippen LogP contribution >= 0.6 is 31.9 Å². The van der Waals surface area contributed by atoms with E-state index in [2.05, 4.69) is 37.2 Å². The van der Waals surface area contributed by atoms with Gasteiger partial charge in [0.25, 0.3) is 5.91 Å². The van der Waals surface area contributed by atoms with Crippen LogP contribution in [-0.4, -0.2) is 13.0 Å². The number of hydrogen-bond acceptors (Lipinski definition) is 3. The molecule has 0 saturated carbocycles. The Morgan fingerprint density at radius 2 is 1.84 bits per heavy atom. The number of nitrogens with zero attached hydrogens (tertiary/aromatic N) is 1. The summed E-state index contributed by atoms with van der Waals surface area (Å²) in [5.74, 6) is 0.203. The Balaban J connectivity index is 2.33. The number of anilines is 1. The summed E-state index contributed by atoms with van der Waals surface area (Å²) in [6.45, 7) is 3.85. The van der Waals surface area contributed by atoms with E-state index >= 15 is 0 Å². The van der Waals surface area contributed by atoms with Crippen molar-refractivity contribution in [2.45, 2.75) is 13.8 Å². The Morgan fingerprint density at radius 1 is 1.20 bits per heavy atom. The van der Waals surface area contributed by atoms with E-state index in [1.54, 1.807) is 19.2 Å². The first-order valence-electron chi connectivity index (χ1n) is 7.39. The number of nitriles is 1. The molecule has 2 rings (SSSR count). The van der Waals surface area contributed by atoms with Gasteiger partial charge in [-0.1, -0.05) is 12.1 Å². The SMILES string of the molecule is COc1c(Br)cc(/C=C(\C#N)C(=O)Nc2cc(C)ccc2C)cc1Br. The highest BCUT2D eigenvalue weighted by Crippen LogP contribution is 2.35. The summed E-state index contributed by atoms with van der Waals surface area (Å²) in [5, 5.41) is 12.2. The Hall–Kier alpha value is -2.10. The molecule has 1 amide bonds. The van der Waals surface area contributed by atoms with Crippen LogP contribution in [0.1, 0.15) is 16.7 Å². The van der Waals surface area contributed by atoms with Gasteiger partial charge < -0.3 is 10.1 Å².